The van der Waals surface area contributed by atoms with Crippen molar-refractivity contribution in [1.82, 2.24) is 4.90 Å². The number of hydrogen-bond donors (Lipinski definition) is 1. The Balaban J connectivity index is 1.81. The van der Waals surface area contributed by atoms with Gasteiger partial charge >= 0.3 is 6.09 Å². The van der Waals surface area contributed by atoms with Crippen molar-refractivity contribution < 1.29 is 14.7 Å². The predicted octanol–water partition coefficient (Wildman–Crippen LogP) is 3.68. The van der Waals surface area contributed by atoms with Gasteiger partial charge in [-0.2, -0.15) is 0 Å². The van der Waals surface area contributed by atoms with Crippen molar-refractivity contribution in [3.05, 3.63) is 60.2 Å². The lowest BCUT2D eigenvalue weighted by Crippen LogP contribution is -2.39. The molecule has 1 heterocycles. The van der Waals surface area contributed by atoms with E-state index in [1.165, 1.54) is 4.90 Å². The third-order valence-corrected chi connectivity index (χ3v) is 4.08. The molecule has 1 unspecified atom stereocenters. The number of nitrogens with zero attached hydrogens (tertiary/aromatic N) is 1. The molecule has 22 heavy (non-hydrogen) atoms. The fraction of sp³-hybridized carbons (Fsp3) is 0.222. The molecule has 1 aliphatic heterocycles. The van der Waals surface area contributed by atoms with Crippen LogP contribution in [0.25, 0.3) is 11.1 Å². The molecule has 4 nitrogen and oxygen atoms in total. The zero-order valence-corrected chi connectivity index (χ0v) is 12.1. The number of hydrogen-bond acceptors (Lipinski definition) is 2. The van der Waals surface area contributed by atoms with E-state index in [0.29, 0.717) is 18.5 Å². The molecule has 1 saturated heterocycles. The first-order valence-corrected chi connectivity index (χ1v) is 7.36. The van der Waals surface area contributed by atoms with Crippen molar-refractivity contribution in [3.8, 4) is 11.1 Å². The van der Waals surface area contributed by atoms with Gasteiger partial charge in [0.1, 0.15) is 0 Å². The first-order valence-electron chi connectivity index (χ1n) is 7.36. The van der Waals surface area contributed by atoms with Crippen molar-refractivity contribution in [2.45, 2.75) is 18.9 Å². The summed E-state index contributed by atoms with van der Waals surface area (Å²) in [7, 11) is 0. The molecule has 3 rings (SSSR count). The molecule has 0 saturated carbocycles. The summed E-state index contributed by atoms with van der Waals surface area (Å²) < 4.78 is 0. The van der Waals surface area contributed by atoms with Crippen LogP contribution in [-0.4, -0.2) is 34.5 Å². The van der Waals surface area contributed by atoms with Crippen LogP contribution in [0.4, 0.5) is 4.79 Å². The topological polar surface area (TPSA) is 57.6 Å². The summed E-state index contributed by atoms with van der Waals surface area (Å²) in [5, 5.41) is 9.15. The summed E-state index contributed by atoms with van der Waals surface area (Å²) in [6.45, 7) is 0.438. The van der Waals surface area contributed by atoms with Crippen LogP contribution in [0.1, 0.15) is 23.2 Å². The molecule has 2 aromatic rings. The van der Waals surface area contributed by atoms with Crippen LogP contribution in [-0.2, 0) is 0 Å². The van der Waals surface area contributed by atoms with Crippen molar-refractivity contribution in [1.29, 1.82) is 0 Å². The van der Waals surface area contributed by atoms with E-state index >= 15 is 0 Å². The maximum Gasteiger partial charge on any atom is 0.407 e. The molecular weight excluding hydrogens is 278 g/mol. The van der Waals surface area contributed by atoms with Gasteiger partial charge in [0.2, 0.25) is 0 Å². The van der Waals surface area contributed by atoms with Gasteiger partial charge in [0.25, 0.3) is 0 Å². The molecule has 1 fully saturated rings. The Morgan fingerprint density at radius 3 is 2.23 bits per heavy atom. The monoisotopic (exact) mass is 295 g/mol. The van der Waals surface area contributed by atoms with Gasteiger partial charge in [-0.1, -0.05) is 54.6 Å². The first kappa shape index (κ1) is 14.3. The van der Waals surface area contributed by atoms with E-state index in [9.17, 15) is 9.59 Å². The summed E-state index contributed by atoms with van der Waals surface area (Å²) in [4.78, 5) is 24.9. The fourth-order valence-corrected chi connectivity index (χ4v) is 2.92. The Morgan fingerprint density at radius 2 is 1.59 bits per heavy atom. The van der Waals surface area contributed by atoms with Crippen LogP contribution >= 0.6 is 0 Å². The second-order valence-electron chi connectivity index (χ2n) is 5.44. The average Bonchev–Trinajstić information content (AvgIpc) is 3.05. The zero-order valence-electron chi connectivity index (χ0n) is 12.1. The Morgan fingerprint density at radius 1 is 0.955 bits per heavy atom. The van der Waals surface area contributed by atoms with Crippen molar-refractivity contribution in [2.75, 3.05) is 6.54 Å². The quantitative estimate of drug-likeness (QED) is 0.879. The van der Waals surface area contributed by atoms with Gasteiger partial charge in [0, 0.05) is 12.1 Å². The van der Waals surface area contributed by atoms with E-state index < -0.39 is 12.1 Å². The molecule has 2 aromatic carbocycles. The van der Waals surface area contributed by atoms with Crippen LogP contribution in [0.3, 0.4) is 0 Å². The summed E-state index contributed by atoms with van der Waals surface area (Å²) in [6, 6.07) is 16.8. The molecule has 0 radical (unpaired) electrons. The summed E-state index contributed by atoms with van der Waals surface area (Å²) in [6.07, 6.45) is 0.327. The van der Waals surface area contributed by atoms with Crippen molar-refractivity contribution in [3.63, 3.8) is 0 Å². The predicted molar refractivity (Wildman–Crippen MR) is 84.0 cm³/mol. The molecule has 112 valence electrons. The van der Waals surface area contributed by atoms with Gasteiger partial charge in [-0.15, -0.1) is 0 Å². The molecule has 1 aliphatic rings. The Hall–Kier alpha value is -2.62. The van der Waals surface area contributed by atoms with E-state index in [-0.39, 0.29) is 5.78 Å². The highest BCUT2D eigenvalue weighted by Crippen LogP contribution is 2.24. The van der Waals surface area contributed by atoms with Crippen LogP contribution in [0.2, 0.25) is 0 Å². The second-order valence-corrected chi connectivity index (χ2v) is 5.44. The van der Waals surface area contributed by atoms with E-state index in [4.69, 9.17) is 5.11 Å². The fourth-order valence-electron chi connectivity index (χ4n) is 2.92. The maximum absolute atomic E-state index is 12.5. The van der Waals surface area contributed by atoms with Crippen LogP contribution in [0.5, 0.6) is 0 Å². The molecular formula is C18H17NO3. The first-order chi connectivity index (χ1) is 10.7. The number of ketones is 1. The number of carbonyl (C=O) groups is 2. The molecule has 1 atom stereocenters. The van der Waals surface area contributed by atoms with Crippen LogP contribution in [0, 0.1) is 0 Å². The Labute approximate surface area is 129 Å². The summed E-state index contributed by atoms with van der Waals surface area (Å²) >= 11 is 0. The van der Waals surface area contributed by atoms with Gasteiger partial charge < -0.3 is 5.11 Å². The lowest BCUT2D eigenvalue weighted by molar-refractivity contribution is 0.0845. The third-order valence-electron chi connectivity index (χ3n) is 4.08. The number of carbonyl (C=O) groups excluding carboxylic acids is 1. The highest BCUT2D eigenvalue weighted by Gasteiger charge is 2.34. The highest BCUT2D eigenvalue weighted by molar-refractivity contribution is 6.02. The van der Waals surface area contributed by atoms with Crippen molar-refractivity contribution >= 4 is 11.9 Å². The number of likely N-dealkylation sites (tertiary alicyclic amines) is 1. The minimum Gasteiger partial charge on any atom is -0.465 e. The smallest absolute Gasteiger partial charge is 0.407 e. The van der Waals surface area contributed by atoms with Gasteiger partial charge in [-0.25, -0.2) is 4.79 Å². The number of Topliss-reactive ketones (excluding diaryl/α,β-unsaturated/α-hetero) is 1. The number of amides is 1. The molecule has 0 aliphatic carbocycles. The molecule has 1 N–H and O–H groups in total. The SMILES string of the molecule is O=C(c1ccc(-c2ccccc2)cc1)C1CCCN1C(=O)O. The van der Waals surface area contributed by atoms with Gasteiger partial charge in [-0.05, 0) is 24.0 Å². The van der Waals surface area contributed by atoms with Gasteiger partial charge in [0.15, 0.2) is 5.78 Å². The molecule has 4 heteroatoms. The van der Waals surface area contributed by atoms with E-state index in [1.807, 2.05) is 42.5 Å². The van der Waals surface area contributed by atoms with E-state index in [2.05, 4.69) is 0 Å². The minimum atomic E-state index is -1.02. The summed E-state index contributed by atoms with van der Waals surface area (Å²) in [5.41, 5.74) is 2.70. The number of carboxylic acid groups (broad SMARTS) is 1. The Kier molecular flexibility index (Phi) is 3.92. The van der Waals surface area contributed by atoms with Gasteiger partial charge in [-0.3, -0.25) is 9.69 Å². The largest absolute Gasteiger partial charge is 0.465 e. The average molecular weight is 295 g/mol. The standard InChI is InChI=1S/C18H17NO3/c20-17(16-7-4-12-19(16)18(21)22)15-10-8-14(9-11-15)13-5-2-1-3-6-13/h1-3,5-6,8-11,16H,4,7,12H2,(H,21,22). The second kappa shape index (κ2) is 6.02. The molecule has 0 spiro atoms. The Bertz CT molecular complexity index is 679. The minimum absolute atomic E-state index is 0.112. The maximum atomic E-state index is 12.5. The van der Waals surface area contributed by atoms with Crippen molar-refractivity contribution in [2.24, 2.45) is 0 Å². The normalized spacial score (nSPS) is 17.5. The van der Waals surface area contributed by atoms with Crippen LogP contribution < -0.4 is 0 Å². The van der Waals surface area contributed by atoms with Crippen LogP contribution in [0.15, 0.2) is 54.6 Å². The number of benzene rings is 2. The lowest BCUT2D eigenvalue weighted by Gasteiger charge is -2.20. The molecule has 0 aromatic heterocycles. The van der Waals surface area contributed by atoms with E-state index in [1.54, 1.807) is 12.1 Å². The highest BCUT2D eigenvalue weighted by atomic mass is 16.4. The number of rotatable bonds is 3. The zero-order chi connectivity index (χ0) is 15.5. The molecule has 0 bridgehead atoms. The van der Waals surface area contributed by atoms with Gasteiger partial charge in [0.05, 0.1) is 6.04 Å². The van der Waals surface area contributed by atoms with E-state index in [0.717, 1.165) is 17.5 Å². The third kappa shape index (κ3) is 2.72. The molecule has 1 amide bonds. The lowest BCUT2D eigenvalue weighted by atomic mass is 9.99. The summed E-state index contributed by atoms with van der Waals surface area (Å²) in [5.74, 6) is -0.112.